The zero-order valence-electron chi connectivity index (χ0n) is 21.0. The third-order valence-corrected chi connectivity index (χ3v) is 15.6. The van der Waals surface area contributed by atoms with E-state index in [1.54, 1.807) is 22.3 Å². The van der Waals surface area contributed by atoms with E-state index in [0.29, 0.717) is 0 Å². The summed E-state index contributed by atoms with van der Waals surface area (Å²) in [6.07, 6.45) is 8.20. The molecule has 0 nitrogen and oxygen atoms in total. The summed E-state index contributed by atoms with van der Waals surface area (Å²) < 4.78 is 0. The van der Waals surface area contributed by atoms with Crippen LogP contribution in [0.4, 0.5) is 0 Å². The average Bonchev–Trinajstić information content (AvgIpc) is 3.58. The van der Waals surface area contributed by atoms with Gasteiger partial charge in [-0.15, -0.1) is 0 Å². The smallest absolute Gasteiger partial charge is 0.00477 e. The normalized spacial score (nSPS) is 26.3. The van der Waals surface area contributed by atoms with Gasteiger partial charge in [0.2, 0.25) is 0 Å². The van der Waals surface area contributed by atoms with Crippen molar-refractivity contribution in [2.24, 2.45) is 0 Å². The monoisotopic (exact) mass is 506 g/mol. The lowest BCUT2D eigenvalue weighted by Crippen LogP contribution is -2.05. The fourth-order valence-electron chi connectivity index (χ4n) is 6.72. The molecule has 0 bridgehead atoms. The molecule has 6 rings (SSSR count). The Morgan fingerprint density at radius 2 is 0.583 bits per heavy atom. The van der Waals surface area contributed by atoms with Gasteiger partial charge < -0.3 is 0 Å². The van der Waals surface area contributed by atoms with Gasteiger partial charge in [-0.3, -0.25) is 0 Å². The second kappa shape index (κ2) is 11.4. The molecule has 0 radical (unpaired) electrons. The van der Waals surface area contributed by atoms with E-state index in [9.17, 15) is 0 Å². The molecule has 0 N–H and O–H groups in total. The number of benzene rings is 4. The highest BCUT2D eigenvalue weighted by atomic mass is 31.1. The second-order valence-electron chi connectivity index (χ2n) is 10.3. The lowest BCUT2D eigenvalue weighted by Gasteiger charge is -2.32. The molecule has 0 aliphatic carbocycles. The number of hydrogen-bond acceptors (Lipinski definition) is 0. The third-order valence-electron chi connectivity index (χ3n) is 8.38. The Kier molecular flexibility index (Phi) is 7.65. The van der Waals surface area contributed by atoms with E-state index in [-0.39, 0.29) is 15.8 Å². The lowest BCUT2D eigenvalue weighted by atomic mass is 10.0. The molecule has 2 heterocycles. The van der Waals surface area contributed by atoms with Crippen molar-refractivity contribution in [1.82, 2.24) is 0 Å². The SMILES string of the molecule is c1ccc(C2CC[C@H](c3ccccc3)P2CCP2[C@@H](c3ccccc3)CC[C@@H]2c2ccccc2)cc1. The van der Waals surface area contributed by atoms with E-state index in [0.717, 1.165) is 22.6 Å². The molecule has 0 spiro atoms. The van der Waals surface area contributed by atoms with Gasteiger partial charge in [0.15, 0.2) is 0 Å². The van der Waals surface area contributed by atoms with Crippen LogP contribution in [0.25, 0.3) is 0 Å². The summed E-state index contributed by atoms with van der Waals surface area (Å²) in [6.45, 7) is 0. The van der Waals surface area contributed by atoms with Crippen molar-refractivity contribution in [3.63, 3.8) is 0 Å². The molecule has 0 amide bonds. The van der Waals surface area contributed by atoms with Gasteiger partial charge in [-0.2, -0.15) is 0 Å². The first-order valence-electron chi connectivity index (χ1n) is 13.6. The topological polar surface area (TPSA) is 0 Å². The maximum atomic E-state index is 2.40. The quantitative estimate of drug-likeness (QED) is 0.219. The van der Waals surface area contributed by atoms with E-state index in [1.165, 1.54) is 38.0 Å². The van der Waals surface area contributed by atoms with Crippen molar-refractivity contribution >= 4 is 15.8 Å². The molecular weight excluding hydrogens is 470 g/mol. The standard InChI is InChI=1S/C34H36P2/c1-5-13-27(14-6-1)31-21-22-32(28-15-7-2-8-16-28)35(31)25-26-36-33(29-17-9-3-10-18-29)23-24-34(36)30-19-11-4-12-20-30/h1-20,31-34H,21-26H2/t31-,32-,33-,34?,36?/m1/s1. The van der Waals surface area contributed by atoms with Crippen LogP contribution in [0.5, 0.6) is 0 Å². The van der Waals surface area contributed by atoms with Gasteiger partial charge in [0, 0.05) is 22.6 Å². The molecule has 0 saturated carbocycles. The lowest BCUT2D eigenvalue weighted by molar-refractivity contribution is 0.765. The Morgan fingerprint density at radius 1 is 0.361 bits per heavy atom. The third kappa shape index (κ3) is 5.09. The van der Waals surface area contributed by atoms with Gasteiger partial charge in [0.1, 0.15) is 0 Å². The first-order valence-corrected chi connectivity index (χ1v) is 16.9. The zero-order chi connectivity index (χ0) is 24.2. The summed E-state index contributed by atoms with van der Waals surface area (Å²) in [5.41, 5.74) is 9.31. The molecule has 5 atom stereocenters. The highest BCUT2D eigenvalue weighted by Gasteiger charge is 2.41. The Bertz CT molecular complexity index is 1020. The van der Waals surface area contributed by atoms with Crippen molar-refractivity contribution in [3.05, 3.63) is 144 Å². The minimum absolute atomic E-state index is 0.100. The van der Waals surface area contributed by atoms with Crippen molar-refractivity contribution < 1.29 is 0 Å². The van der Waals surface area contributed by atoms with Crippen molar-refractivity contribution in [1.29, 1.82) is 0 Å². The van der Waals surface area contributed by atoms with E-state index in [1.807, 2.05) is 0 Å². The predicted molar refractivity (Wildman–Crippen MR) is 159 cm³/mol. The minimum Gasteiger partial charge on any atom is -0.0910 e. The first-order chi connectivity index (χ1) is 17.9. The molecule has 4 aromatic rings. The molecule has 36 heavy (non-hydrogen) atoms. The zero-order valence-corrected chi connectivity index (χ0v) is 22.8. The van der Waals surface area contributed by atoms with Gasteiger partial charge >= 0.3 is 0 Å². The van der Waals surface area contributed by atoms with Gasteiger partial charge in [0.05, 0.1) is 0 Å². The van der Waals surface area contributed by atoms with Crippen LogP contribution in [0.3, 0.4) is 0 Å². The maximum Gasteiger partial charge on any atom is 0.00477 e. The van der Waals surface area contributed by atoms with Gasteiger partial charge in [-0.25, -0.2) is 0 Å². The Balaban J connectivity index is 1.30. The van der Waals surface area contributed by atoms with Gasteiger partial charge in [-0.1, -0.05) is 137 Å². The summed E-state index contributed by atoms with van der Waals surface area (Å²) in [5, 5.41) is 0. The first kappa shape index (κ1) is 24.1. The van der Waals surface area contributed by atoms with Crippen LogP contribution in [0.1, 0.15) is 70.6 Å². The molecule has 2 aliphatic rings. The average molecular weight is 507 g/mol. The van der Waals surface area contributed by atoms with E-state index < -0.39 is 0 Å². The Labute approximate surface area is 219 Å². The Hall–Kier alpha value is -2.26. The molecule has 0 aromatic heterocycles. The van der Waals surface area contributed by atoms with Crippen molar-refractivity contribution in [2.45, 2.75) is 48.3 Å². The van der Waals surface area contributed by atoms with Crippen molar-refractivity contribution in [3.8, 4) is 0 Å². The van der Waals surface area contributed by atoms with Crippen LogP contribution >= 0.6 is 15.8 Å². The summed E-state index contributed by atoms with van der Waals surface area (Å²) >= 11 is 0. The van der Waals surface area contributed by atoms with E-state index >= 15 is 0 Å². The van der Waals surface area contributed by atoms with Crippen LogP contribution in [0.15, 0.2) is 121 Å². The van der Waals surface area contributed by atoms with Crippen LogP contribution < -0.4 is 0 Å². The fourth-order valence-corrected chi connectivity index (χ4v) is 14.8. The molecule has 4 aromatic carbocycles. The largest absolute Gasteiger partial charge is 0.0910 e. The predicted octanol–water partition coefficient (Wildman–Crippen LogP) is 10.5. The Morgan fingerprint density at radius 3 is 0.806 bits per heavy atom. The highest BCUT2D eigenvalue weighted by molar-refractivity contribution is 7.62. The van der Waals surface area contributed by atoms with Crippen LogP contribution in [-0.2, 0) is 0 Å². The van der Waals surface area contributed by atoms with E-state index in [2.05, 4.69) is 121 Å². The number of rotatable bonds is 7. The molecule has 2 saturated heterocycles. The molecule has 182 valence electrons. The molecule has 2 aliphatic heterocycles. The van der Waals surface area contributed by atoms with E-state index in [4.69, 9.17) is 0 Å². The molecule has 2 heteroatoms. The fraction of sp³-hybridized carbons (Fsp3) is 0.294. The molecule has 2 unspecified atom stereocenters. The van der Waals surface area contributed by atoms with Crippen LogP contribution in [-0.4, -0.2) is 12.3 Å². The van der Waals surface area contributed by atoms with Crippen molar-refractivity contribution in [2.75, 3.05) is 12.3 Å². The van der Waals surface area contributed by atoms with Crippen LogP contribution in [0, 0.1) is 0 Å². The second-order valence-corrected chi connectivity index (χ2v) is 15.8. The maximum absolute atomic E-state index is 2.40. The molecular formula is C34H36P2. The summed E-state index contributed by atoms with van der Waals surface area (Å²) in [7, 11) is -0.201. The summed E-state index contributed by atoms with van der Waals surface area (Å²) in [4.78, 5) is 0. The van der Waals surface area contributed by atoms with Gasteiger partial charge in [-0.05, 0) is 60.3 Å². The van der Waals surface area contributed by atoms with Gasteiger partial charge in [0.25, 0.3) is 0 Å². The highest BCUT2D eigenvalue weighted by Crippen LogP contribution is 2.75. The van der Waals surface area contributed by atoms with Crippen LogP contribution in [0.2, 0.25) is 0 Å². The number of hydrogen-bond donors (Lipinski definition) is 0. The minimum atomic E-state index is -0.100. The molecule has 2 fully saturated rings. The summed E-state index contributed by atoms with van der Waals surface area (Å²) in [6, 6.07) is 45.8. The summed E-state index contributed by atoms with van der Waals surface area (Å²) in [5.74, 6) is 0.